The van der Waals surface area contributed by atoms with Crippen molar-refractivity contribution in [2.45, 2.75) is 6.92 Å². The van der Waals surface area contributed by atoms with Crippen LogP contribution in [0.25, 0.3) is 0 Å². The maximum Gasteiger partial charge on any atom is 0.257 e. The zero-order valence-electron chi connectivity index (χ0n) is 11.2. The molecule has 0 spiro atoms. The highest BCUT2D eigenvalue weighted by molar-refractivity contribution is 7.80. The Balaban J connectivity index is 1.95. The lowest BCUT2D eigenvalue weighted by atomic mass is 10.1. The highest BCUT2D eigenvalue weighted by atomic mass is 32.1. The second-order valence-electron chi connectivity index (χ2n) is 4.50. The normalized spacial score (nSPS) is 17.1. The average molecular weight is 284 g/mol. The topological polar surface area (TPSA) is 41.1 Å². The first-order valence-electron chi connectivity index (χ1n) is 6.39. The number of thiocarbonyl (C=S) groups is 1. The van der Waals surface area contributed by atoms with Crippen molar-refractivity contribution in [2.75, 3.05) is 0 Å². The standard InChI is InChI=1S/C16H16N2OS/c1-12-7-5-6-10-14(11-12)17-16(20)18-15(19)13-8-3-2-4-9-13/h2-12H,1H3,(H2,17,18,19,20). The first kappa shape index (κ1) is 14.2. The van der Waals surface area contributed by atoms with Crippen LogP contribution in [0.1, 0.15) is 17.3 Å². The Morgan fingerprint density at radius 3 is 2.70 bits per heavy atom. The summed E-state index contributed by atoms with van der Waals surface area (Å²) >= 11 is 5.16. The van der Waals surface area contributed by atoms with Crippen molar-refractivity contribution in [3.8, 4) is 0 Å². The van der Waals surface area contributed by atoms with Crippen molar-refractivity contribution in [3.05, 3.63) is 72.0 Å². The Kier molecular flexibility index (Phi) is 4.85. The van der Waals surface area contributed by atoms with Crippen molar-refractivity contribution < 1.29 is 4.79 Å². The number of hydrogen-bond donors (Lipinski definition) is 2. The van der Waals surface area contributed by atoms with Crippen molar-refractivity contribution in [1.29, 1.82) is 0 Å². The van der Waals surface area contributed by atoms with Crippen molar-refractivity contribution in [1.82, 2.24) is 10.6 Å². The van der Waals surface area contributed by atoms with E-state index in [1.165, 1.54) is 0 Å². The monoisotopic (exact) mass is 284 g/mol. The van der Waals surface area contributed by atoms with Gasteiger partial charge in [-0.3, -0.25) is 10.1 Å². The number of allylic oxidation sites excluding steroid dienone is 5. The van der Waals surface area contributed by atoms with Crippen LogP contribution < -0.4 is 10.6 Å². The van der Waals surface area contributed by atoms with Gasteiger partial charge in [0.05, 0.1) is 0 Å². The predicted molar refractivity (Wildman–Crippen MR) is 85.2 cm³/mol. The quantitative estimate of drug-likeness (QED) is 0.820. The first-order valence-corrected chi connectivity index (χ1v) is 6.80. The van der Waals surface area contributed by atoms with Gasteiger partial charge in [0.1, 0.15) is 0 Å². The third kappa shape index (κ3) is 4.17. The molecule has 3 nitrogen and oxygen atoms in total. The van der Waals surface area contributed by atoms with Crippen LogP contribution in [0, 0.1) is 5.92 Å². The van der Waals surface area contributed by atoms with E-state index in [2.05, 4.69) is 23.6 Å². The highest BCUT2D eigenvalue weighted by Gasteiger charge is 2.08. The minimum Gasteiger partial charge on any atom is -0.333 e. The molecular weight excluding hydrogens is 268 g/mol. The van der Waals surface area contributed by atoms with Crippen LogP contribution in [0.3, 0.4) is 0 Å². The Hall–Kier alpha value is -2.20. The molecular formula is C16H16N2OS. The predicted octanol–water partition coefficient (Wildman–Crippen LogP) is 2.94. The van der Waals surface area contributed by atoms with Crippen LogP contribution in [-0.4, -0.2) is 11.0 Å². The Labute approximate surface area is 124 Å². The van der Waals surface area contributed by atoms with E-state index in [1.807, 2.05) is 42.5 Å². The molecule has 1 aliphatic rings. The van der Waals surface area contributed by atoms with Gasteiger partial charge in [-0.15, -0.1) is 0 Å². The molecule has 1 aliphatic carbocycles. The van der Waals surface area contributed by atoms with E-state index < -0.39 is 0 Å². The van der Waals surface area contributed by atoms with E-state index in [4.69, 9.17) is 12.2 Å². The third-order valence-corrected chi connectivity index (χ3v) is 2.97. The molecule has 1 aromatic rings. The van der Waals surface area contributed by atoms with Crippen LogP contribution in [0.15, 0.2) is 66.4 Å². The summed E-state index contributed by atoms with van der Waals surface area (Å²) in [6.07, 6.45) is 9.96. The summed E-state index contributed by atoms with van der Waals surface area (Å²) in [5.41, 5.74) is 1.46. The number of benzene rings is 1. The Morgan fingerprint density at radius 1 is 1.20 bits per heavy atom. The molecule has 1 unspecified atom stereocenters. The zero-order valence-corrected chi connectivity index (χ0v) is 12.0. The summed E-state index contributed by atoms with van der Waals surface area (Å²) in [5, 5.41) is 5.98. The summed E-state index contributed by atoms with van der Waals surface area (Å²) in [6, 6.07) is 8.98. The molecule has 0 radical (unpaired) electrons. The number of nitrogens with one attached hydrogen (secondary N) is 2. The molecule has 20 heavy (non-hydrogen) atoms. The summed E-state index contributed by atoms with van der Waals surface area (Å²) < 4.78 is 0. The molecule has 4 heteroatoms. The molecule has 2 N–H and O–H groups in total. The largest absolute Gasteiger partial charge is 0.333 e. The van der Waals surface area contributed by atoms with Crippen molar-refractivity contribution in [3.63, 3.8) is 0 Å². The molecule has 102 valence electrons. The first-order chi connectivity index (χ1) is 9.65. The summed E-state index contributed by atoms with van der Waals surface area (Å²) in [5.74, 6) is 0.104. The minimum atomic E-state index is -0.215. The molecule has 1 atom stereocenters. The highest BCUT2D eigenvalue weighted by Crippen LogP contribution is 2.08. The lowest BCUT2D eigenvalue weighted by molar-refractivity contribution is 0.0977. The van der Waals surface area contributed by atoms with Crippen LogP contribution >= 0.6 is 12.2 Å². The fraction of sp³-hybridized carbons (Fsp3) is 0.125. The summed E-state index contributed by atoms with van der Waals surface area (Å²) in [6.45, 7) is 2.08. The fourth-order valence-corrected chi connectivity index (χ4v) is 2.01. The van der Waals surface area contributed by atoms with Crippen LogP contribution in [0.4, 0.5) is 0 Å². The summed E-state index contributed by atoms with van der Waals surface area (Å²) in [4.78, 5) is 11.9. The molecule has 0 aliphatic heterocycles. The molecule has 0 aromatic heterocycles. The minimum absolute atomic E-state index is 0.215. The van der Waals surface area contributed by atoms with E-state index in [9.17, 15) is 4.79 Å². The van der Waals surface area contributed by atoms with Gasteiger partial charge in [0.25, 0.3) is 5.91 Å². The van der Waals surface area contributed by atoms with E-state index in [0.29, 0.717) is 16.6 Å². The Bertz CT molecular complexity index is 588. The summed E-state index contributed by atoms with van der Waals surface area (Å²) in [7, 11) is 0. The second kappa shape index (κ2) is 6.82. The number of amides is 1. The van der Waals surface area contributed by atoms with Gasteiger partial charge >= 0.3 is 0 Å². The van der Waals surface area contributed by atoms with Crippen LogP contribution in [-0.2, 0) is 0 Å². The van der Waals surface area contributed by atoms with Gasteiger partial charge in [-0.1, -0.05) is 49.4 Å². The smallest absolute Gasteiger partial charge is 0.257 e. The van der Waals surface area contributed by atoms with Gasteiger partial charge in [0.2, 0.25) is 0 Å². The van der Waals surface area contributed by atoms with Gasteiger partial charge < -0.3 is 5.32 Å². The third-order valence-electron chi connectivity index (χ3n) is 2.76. The van der Waals surface area contributed by atoms with E-state index >= 15 is 0 Å². The maximum absolute atomic E-state index is 11.9. The van der Waals surface area contributed by atoms with Crippen LogP contribution in [0.2, 0.25) is 0 Å². The lowest BCUT2D eigenvalue weighted by Crippen LogP contribution is -2.38. The van der Waals surface area contributed by atoms with E-state index in [0.717, 1.165) is 5.70 Å². The van der Waals surface area contributed by atoms with Gasteiger partial charge in [-0.2, -0.15) is 0 Å². The SMILES string of the molecule is CC1C=CC=CC(NC(=S)NC(=O)c2ccccc2)=C1. The second-order valence-corrected chi connectivity index (χ2v) is 4.91. The lowest BCUT2D eigenvalue weighted by Gasteiger charge is -2.11. The molecule has 0 bridgehead atoms. The number of carbonyl (C=O) groups is 1. The van der Waals surface area contributed by atoms with Gasteiger partial charge in [-0.05, 0) is 36.3 Å². The molecule has 0 heterocycles. The molecule has 0 saturated heterocycles. The molecule has 2 rings (SSSR count). The van der Waals surface area contributed by atoms with Crippen molar-refractivity contribution in [2.24, 2.45) is 5.92 Å². The average Bonchev–Trinajstić information content (AvgIpc) is 2.63. The van der Waals surface area contributed by atoms with E-state index in [1.54, 1.807) is 12.1 Å². The molecule has 0 saturated carbocycles. The van der Waals surface area contributed by atoms with Crippen LogP contribution in [0.5, 0.6) is 0 Å². The number of rotatable bonds is 2. The zero-order chi connectivity index (χ0) is 14.4. The molecule has 0 fully saturated rings. The molecule has 1 amide bonds. The number of carbonyl (C=O) groups excluding carboxylic acids is 1. The number of hydrogen-bond acceptors (Lipinski definition) is 2. The fourth-order valence-electron chi connectivity index (χ4n) is 1.80. The van der Waals surface area contributed by atoms with Gasteiger partial charge in [-0.25, -0.2) is 0 Å². The van der Waals surface area contributed by atoms with Gasteiger partial charge in [0, 0.05) is 11.3 Å². The Morgan fingerprint density at radius 2 is 1.95 bits per heavy atom. The van der Waals surface area contributed by atoms with Gasteiger partial charge in [0.15, 0.2) is 5.11 Å². The van der Waals surface area contributed by atoms with E-state index in [-0.39, 0.29) is 5.91 Å². The maximum atomic E-state index is 11.9. The van der Waals surface area contributed by atoms with Crippen molar-refractivity contribution >= 4 is 23.2 Å². The molecule has 1 aromatic carbocycles.